The van der Waals surface area contributed by atoms with Gasteiger partial charge in [-0.05, 0) is 27.7 Å². The lowest BCUT2D eigenvalue weighted by atomic mass is 10.1. The molecule has 0 aliphatic carbocycles. The van der Waals surface area contributed by atoms with Crippen LogP contribution in [0.1, 0.15) is 37.9 Å². The van der Waals surface area contributed by atoms with Crippen molar-refractivity contribution in [3.63, 3.8) is 0 Å². The van der Waals surface area contributed by atoms with E-state index in [1.54, 1.807) is 0 Å². The van der Waals surface area contributed by atoms with E-state index in [1.807, 2.05) is 51.6 Å². The van der Waals surface area contributed by atoms with E-state index < -0.39 is 0 Å². The minimum Gasteiger partial charge on any atom is -0.362 e. The number of hydrogen-bond acceptors (Lipinski definition) is 4. The molecule has 1 aliphatic rings. The SMILES string of the molecule is Cc1nc2c(c(N(C)C)n1)CN(C(=O)NC(C)(C)C)CC2. The van der Waals surface area contributed by atoms with Gasteiger partial charge in [0.1, 0.15) is 11.6 Å². The zero-order valence-corrected chi connectivity index (χ0v) is 13.8. The van der Waals surface area contributed by atoms with Crippen LogP contribution in [0.4, 0.5) is 10.6 Å². The number of anilines is 1. The number of carbonyl (C=O) groups excluding carboxylic acids is 1. The maximum atomic E-state index is 12.3. The molecule has 0 bridgehead atoms. The molecule has 0 radical (unpaired) electrons. The van der Waals surface area contributed by atoms with Gasteiger partial charge >= 0.3 is 6.03 Å². The second-order valence-electron chi connectivity index (χ2n) is 6.77. The molecule has 0 saturated carbocycles. The maximum Gasteiger partial charge on any atom is 0.318 e. The molecule has 0 aromatic carbocycles. The fourth-order valence-electron chi connectivity index (χ4n) is 2.46. The topological polar surface area (TPSA) is 61.4 Å². The smallest absolute Gasteiger partial charge is 0.318 e. The summed E-state index contributed by atoms with van der Waals surface area (Å²) < 4.78 is 0. The van der Waals surface area contributed by atoms with Crippen molar-refractivity contribution in [3.8, 4) is 0 Å². The second kappa shape index (κ2) is 5.50. The Morgan fingerprint density at radius 3 is 2.52 bits per heavy atom. The van der Waals surface area contributed by atoms with Gasteiger partial charge in [0, 0.05) is 38.2 Å². The molecule has 1 aliphatic heterocycles. The first-order valence-corrected chi connectivity index (χ1v) is 7.28. The molecule has 6 nitrogen and oxygen atoms in total. The van der Waals surface area contributed by atoms with Gasteiger partial charge in [0.25, 0.3) is 0 Å². The van der Waals surface area contributed by atoms with E-state index >= 15 is 0 Å². The molecular formula is C15H25N5O. The molecule has 1 aromatic rings. The molecule has 0 fully saturated rings. The zero-order chi connectivity index (χ0) is 15.8. The van der Waals surface area contributed by atoms with Crippen molar-refractivity contribution in [1.82, 2.24) is 20.2 Å². The maximum absolute atomic E-state index is 12.3. The largest absolute Gasteiger partial charge is 0.362 e. The number of hydrogen-bond donors (Lipinski definition) is 1. The predicted octanol–water partition coefficient (Wildman–Crippen LogP) is 1.72. The van der Waals surface area contributed by atoms with Gasteiger partial charge in [0.15, 0.2) is 0 Å². The number of urea groups is 1. The number of carbonyl (C=O) groups is 1. The first kappa shape index (κ1) is 15.5. The Balaban J connectivity index is 2.25. The Morgan fingerprint density at radius 2 is 1.95 bits per heavy atom. The van der Waals surface area contributed by atoms with Crippen LogP contribution in [0.5, 0.6) is 0 Å². The average molecular weight is 291 g/mol. The molecule has 2 amide bonds. The third-order valence-electron chi connectivity index (χ3n) is 3.34. The summed E-state index contributed by atoms with van der Waals surface area (Å²) in [6, 6.07) is -0.0292. The number of aryl methyl sites for hydroxylation is 1. The molecule has 116 valence electrons. The Labute approximate surface area is 126 Å². The van der Waals surface area contributed by atoms with E-state index in [0.717, 1.165) is 29.3 Å². The summed E-state index contributed by atoms with van der Waals surface area (Å²) >= 11 is 0. The highest BCUT2D eigenvalue weighted by molar-refractivity contribution is 5.75. The summed E-state index contributed by atoms with van der Waals surface area (Å²) in [5, 5.41) is 3.01. The minimum atomic E-state index is -0.231. The summed E-state index contributed by atoms with van der Waals surface area (Å²) in [7, 11) is 3.94. The van der Waals surface area contributed by atoms with Crippen LogP contribution in [-0.4, -0.2) is 47.1 Å². The molecule has 1 aromatic heterocycles. The Kier molecular flexibility index (Phi) is 4.07. The van der Waals surface area contributed by atoms with Crippen LogP contribution in [0.15, 0.2) is 0 Å². The van der Waals surface area contributed by atoms with Crippen LogP contribution >= 0.6 is 0 Å². The van der Waals surface area contributed by atoms with Gasteiger partial charge < -0.3 is 15.1 Å². The number of nitrogens with zero attached hydrogens (tertiary/aromatic N) is 4. The summed E-state index contributed by atoms with van der Waals surface area (Å²) in [6.45, 7) is 9.12. The van der Waals surface area contributed by atoms with Crippen molar-refractivity contribution in [1.29, 1.82) is 0 Å². The lowest BCUT2D eigenvalue weighted by Crippen LogP contribution is -2.50. The van der Waals surface area contributed by atoms with E-state index in [2.05, 4.69) is 15.3 Å². The lowest BCUT2D eigenvalue weighted by Gasteiger charge is -2.33. The third kappa shape index (κ3) is 3.62. The number of fused-ring (bicyclic) bond motifs is 1. The molecule has 2 rings (SSSR count). The fourth-order valence-corrected chi connectivity index (χ4v) is 2.46. The van der Waals surface area contributed by atoms with Gasteiger partial charge in [-0.2, -0.15) is 0 Å². The summed E-state index contributed by atoms with van der Waals surface area (Å²) in [5.74, 6) is 1.69. The molecule has 1 N–H and O–H groups in total. The van der Waals surface area contributed by atoms with Crippen molar-refractivity contribution >= 4 is 11.8 Å². The predicted molar refractivity (Wildman–Crippen MR) is 83.5 cm³/mol. The molecule has 2 heterocycles. The van der Waals surface area contributed by atoms with Crippen molar-refractivity contribution in [2.24, 2.45) is 0 Å². The van der Waals surface area contributed by atoms with Crippen LogP contribution < -0.4 is 10.2 Å². The third-order valence-corrected chi connectivity index (χ3v) is 3.34. The van der Waals surface area contributed by atoms with Crippen molar-refractivity contribution in [2.45, 2.75) is 46.2 Å². The highest BCUT2D eigenvalue weighted by atomic mass is 16.2. The van der Waals surface area contributed by atoms with Crippen molar-refractivity contribution in [3.05, 3.63) is 17.1 Å². The Hall–Kier alpha value is -1.85. The standard InChI is InChI=1S/C15H25N5O/c1-10-16-12-7-8-20(14(21)18-15(2,3)4)9-11(12)13(17-10)19(5)6/h7-9H2,1-6H3,(H,18,21). The minimum absolute atomic E-state index is 0.0292. The Bertz CT molecular complexity index is 548. The van der Waals surface area contributed by atoms with E-state index in [9.17, 15) is 4.79 Å². The molecular weight excluding hydrogens is 266 g/mol. The zero-order valence-electron chi connectivity index (χ0n) is 13.8. The van der Waals surface area contributed by atoms with Crippen molar-refractivity contribution in [2.75, 3.05) is 25.5 Å². The normalized spacial score (nSPS) is 14.7. The first-order valence-electron chi connectivity index (χ1n) is 7.28. The van der Waals surface area contributed by atoms with Crippen LogP contribution in [0.25, 0.3) is 0 Å². The van der Waals surface area contributed by atoms with Crippen LogP contribution in [-0.2, 0) is 13.0 Å². The van der Waals surface area contributed by atoms with E-state index in [4.69, 9.17) is 0 Å². The molecule has 0 atom stereocenters. The summed E-state index contributed by atoms with van der Waals surface area (Å²) in [4.78, 5) is 25.2. The highest BCUT2D eigenvalue weighted by Crippen LogP contribution is 2.25. The molecule has 0 saturated heterocycles. The first-order chi connectivity index (χ1) is 9.67. The number of nitrogens with one attached hydrogen (secondary N) is 1. The van der Waals surface area contributed by atoms with Crippen LogP contribution in [0.2, 0.25) is 0 Å². The molecule has 0 unspecified atom stereocenters. The van der Waals surface area contributed by atoms with Gasteiger partial charge in [-0.1, -0.05) is 0 Å². The van der Waals surface area contributed by atoms with Crippen LogP contribution in [0, 0.1) is 6.92 Å². The second-order valence-corrected chi connectivity index (χ2v) is 6.77. The highest BCUT2D eigenvalue weighted by Gasteiger charge is 2.27. The lowest BCUT2D eigenvalue weighted by molar-refractivity contribution is 0.183. The molecule has 6 heteroatoms. The van der Waals surface area contributed by atoms with Gasteiger partial charge in [-0.15, -0.1) is 0 Å². The average Bonchev–Trinajstić information content (AvgIpc) is 2.34. The van der Waals surface area contributed by atoms with Gasteiger partial charge in [0.2, 0.25) is 0 Å². The fraction of sp³-hybridized carbons (Fsp3) is 0.667. The monoisotopic (exact) mass is 291 g/mol. The summed E-state index contributed by atoms with van der Waals surface area (Å²) in [5.41, 5.74) is 1.89. The van der Waals surface area contributed by atoms with E-state index in [1.165, 1.54) is 0 Å². The van der Waals surface area contributed by atoms with Gasteiger partial charge in [-0.25, -0.2) is 14.8 Å². The Morgan fingerprint density at radius 1 is 1.29 bits per heavy atom. The van der Waals surface area contributed by atoms with E-state index in [0.29, 0.717) is 13.1 Å². The molecule has 21 heavy (non-hydrogen) atoms. The number of aromatic nitrogens is 2. The van der Waals surface area contributed by atoms with Gasteiger partial charge in [0.05, 0.1) is 12.2 Å². The summed E-state index contributed by atoms with van der Waals surface area (Å²) in [6.07, 6.45) is 0.775. The van der Waals surface area contributed by atoms with Gasteiger partial charge in [-0.3, -0.25) is 0 Å². The quantitative estimate of drug-likeness (QED) is 0.856. The van der Waals surface area contributed by atoms with Crippen LogP contribution in [0.3, 0.4) is 0 Å². The number of amides is 2. The number of rotatable bonds is 1. The van der Waals surface area contributed by atoms with E-state index in [-0.39, 0.29) is 11.6 Å². The van der Waals surface area contributed by atoms with Crippen molar-refractivity contribution < 1.29 is 4.79 Å². The molecule has 0 spiro atoms.